The lowest BCUT2D eigenvalue weighted by molar-refractivity contribution is 0.809. The fourth-order valence-electron chi connectivity index (χ4n) is 0.720. The van der Waals surface area contributed by atoms with Gasteiger partial charge in [-0.05, 0) is 0 Å². The molecule has 0 aromatic carbocycles. The van der Waals surface area contributed by atoms with Crippen LogP contribution in [0.15, 0.2) is 24.3 Å². The maximum Gasteiger partial charge on any atom is 0.137 e. The summed E-state index contributed by atoms with van der Waals surface area (Å²) in [6.07, 6.45) is 7.15. The molecule has 0 aromatic heterocycles. The maximum atomic E-state index is 8.58. The highest BCUT2D eigenvalue weighted by Crippen LogP contribution is 2.36. The van der Waals surface area contributed by atoms with Crippen LogP contribution in [0.4, 0.5) is 0 Å². The van der Waals surface area contributed by atoms with Gasteiger partial charge in [0.2, 0.25) is 0 Å². The highest BCUT2D eigenvalue weighted by Gasteiger charge is 2.30. The summed E-state index contributed by atoms with van der Waals surface area (Å²) in [7, 11) is 0. The predicted molar refractivity (Wildman–Crippen MR) is 44.9 cm³/mol. The molecule has 0 saturated carbocycles. The maximum absolute atomic E-state index is 8.58. The molecule has 0 bridgehead atoms. The van der Waals surface area contributed by atoms with Gasteiger partial charge in [-0.15, -0.1) is 11.6 Å². The van der Waals surface area contributed by atoms with Crippen LogP contribution in [0.25, 0.3) is 0 Å². The Bertz CT molecular complexity index is 224. The number of alkyl halides is 2. The second-order valence-corrected chi connectivity index (χ2v) is 4.42. The summed E-state index contributed by atoms with van der Waals surface area (Å²) >= 11 is 9.12. The number of nitrogens with zero attached hydrogens (tertiary/aromatic N) is 1. The molecule has 0 aromatic rings. The number of hydrogen-bond acceptors (Lipinski definition) is 1. The van der Waals surface area contributed by atoms with Crippen LogP contribution < -0.4 is 0 Å². The van der Waals surface area contributed by atoms with Crippen LogP contribution in [-0.4, -0.2) is 3.78 Å². The van der Waals surface area contributed by atoms with Crippen LogP contribution >= 0.6 is 27.5 Å². The van der Waals surface area contributed by atoms with Gasteiger partial charge < -0.3 is 0 Å². The van der Waals surface area contributed by atoms with Gasteiger partial charge in [-0.25, -0.2) is 0 Å². The van der Waals surface area contributed by atoms with Crippen LogP contribution in [0.5, 0.6) is 0 Å². The highest BCUT2D eigenvalue weighted by atomic mass is 79.9. The average Bonchev–Trinajstić information content (AvgIpc) is 1.87. The van der Waals surface area contributed by atoms with Gasteiger partial charge in [-0.3, -0.25) is 0 Å². The first-order chi connectivity index (χ1) is 4.67. The zero-order valence-corrected chi connectivity index (χ0v) is 7.43. The van der Waals surface area contributed by atoms with Gasteiger partial charge in [0.25, 0.3) is 0 Å². The summed E-state index contributed by atoms with van der Waals surface area (Å²) in [4.78, 5) is 0. The van der Waals surface area contributed by atoms with E-state index in [-0.39, 0.29) is 5.92 Å². The third-order valence-corrected chi connectivity index (χ3v) is 2.41. The molecule has 0 spiro atoms. The number of rotatable bonds is 0. The molecule has 0 radical (unpaired) electrons. The first-order valence-electron chi connectivity index (χ1n) is 2.80. The molecule has 1 nitrogen and oxygen atoms in total. The zero-order chi connectivity index (χ0) is 7.61. The van der Waals surface area contributed by atoms with Gasteiger partial charge in [0, 0.05) is 0 Å². The van der Waals surface area contributed by atoms with Gasteiger partial charge in [-0.2, -0.15) is 5.26 Å². The van der Waals surface area contributed by atoms with Crippen molar-refractivity contribution in [2.45, 2.75) is 3.78 Å². The molecule has 0 amide bonds. The lowest BCUT2D eigenvalue weighted by atomic mass is 10.0. The third kappa shape index (κ3) is 1.42. The summed E-state index contributed by atoms with van der Waals surface area (Å²) in [5.41, 5.74) is 0. The smallest absolute Gasteiger partial charge is 0.137 e. The van der Waals surface area contributed by atoms with Crippen LogP contribution in [0.1, 0.15) is 0 Å². The summed E-state index contributed by atoms with van der Waals surface area (Å²) in [6, 6.07) is 2.08. The minimum Gasteiger partial charge on any atom is -0.198 e. The minimum atomic E-state index is -0.698. The van der Waals surface area contributed by atoms with E-state index in [9.17, 15) is 0 Å². The Labute approximate surface area is 73.1 Å². The van der Waals surface area contributed by atoms with E-state index in [0.717, 1.165) is 0 Å². The number of nitriles is 1. The number of hydrogen-bond donors (Lipinski definition) is 0. The quantitative estimate of drug-likeness (QED) is 0.573. The first kappa shape index (κ1) is 7.84. The Morgan fingerprint density at radius 1 is 1.60 bits per heavy atom. The largest absolute Gasteiger partial charge is 0.198 e. The second kappa shape index (κ2) is 2.77. The molecule has 1 aliphatic rings. The van der Waals surface area contributed by atoms with E-state index >= 15 is 0 Å². The van der Waals surface area contributed by atoms with Crippen molar-refractivity contribution in [2.75, 3.05) is 0 Å². The van der Waals surface area contributed by atoms with Gasteiger partial charge in [0.05, 0.1) is 12.0 Å². The monoisotopic (exact) mass is 217 g/mol. The normalized spacial score (nSPS) is 37.5. The molecule has 2 atom stereocenters. The Morgan fingerprint density at radius 2 is 2.30 bits per heavy atom. The lowest BCUT2D eigenvalue weighted by Crippen LogP contribution is -2.20. The summed E-state index contributed by atoms with van der Waals surface area (Å²) in [5, 5.41) is 8.58. The summed E-state index contributed by atoms with van der Waals surface area (Å²) in [6.45, 7) is 0. The molecule has 0 heterocycles. The molecule has 1 aliphatic carbocycles. The number of halogens is 2. The molecular formula is C7H5BrClN. The van der Waals surface area contributed by atoms with E-state index in [1.165, 1.54) is 0 Å². The van der Waals surface area contributed by atoms with Crippen molar-refractivity contribution in [1.29, 1.82) is 5.26 Å². The van der Waals surface area contributed by atoms with Crippen LogP contribution in [0.2, 0.25) is 0 Å². The molecular weight excluding hydrogens is 213 g/mol. The van der Waals surface area contributed by atoms with Gasteiger partial charge in [-0.1, -0.05) is 40.2 Å². The molecule has 1 rings (SSSR count). The molecule has 0 aliphatic heterocycles. The standard InChI is InChI=1S/C7H5BrClN/c8-7(9)4-2-1-3-6(7)5-10/h1-4,6H. The summed E-state index contributed by atoms with van der Waals surface area (Å²) < 4.78 is -0.698. The van der Waals surface area contributed by atoms with Gasteiger partial charge >= 0.3 is 0 Å². The Balaban J connectivity index is 2.87. The topological polar surface area (TPSA) is 23.8 Å². The summed E-state index contributed by atoms with van der Waals surface area (Å²) in [5.74, 6) is -0.279. The van der Waals surface area contributed by atoms with Crippen molar-refractivity contribution >= 4 is 27.5 Å². The van der Waals surface area contributed by atoms with Crippen molar-refractivity contribution in [1.82, 2.24) is 0 Å². The van der Waals surface area contributed by atoms with Gasteiger partial charge in [0.1, 0.15) is 3.78 Å². The third-order valence-electron chi connectivity index (χ3n) is 1.29. The Morgan fingerprint density at radius 3 is 2.70 bits per heavy atom. The fourth-order valence-corrected chi connectivity index (χ4v) is 1.32. The molecule has 0 fully saturated rings. The molecule has 0 N–H and O–H groups in total. The van der Waals surface area contributed by atoms with Crippen LogP contribution in [0, 0.1) is 17.2 Å². The van der Waals surface area contributed by atoms with E-state index < -0.39 is 3.78 Å². The molecule has 10 heavy (non-hydrogen) atoms. The molecule has 52 valence electrons. The predicted octanol–water partition coefficient (Wildman–Crippen LogP) is 2.58. The van der Waals surface area contributed by atoms with E-state index in [1.54, 1.807) is 12.2 Å². The van der Waals surface area contributed by atoms with Crippen molar-refractivity contribution in [3.63, 3.8) is 0 Å². The lowest BCUT2D eigenvalue weighted by Gasteiger charge is -2.20. The molecule has 3 heteroatoms. The van der Waals surface area contributed by atoms with E-state index in [4.69, 9.17) is 16.9 Å². The minimum absolute atomic E-state index is 0.279. The number of allylic oxidation sites excluding steroid dienone is 4. The van der Waals surface area contributed by atoms with Crippen molar-refractivity contribution in [3.8, 4) is 6.07 Å². The SMILES string of the molecule is N#CC1C=CC=CC1(Cl)Br. The average molecular weight is 218 g/mol. The highest BCUT2D eigenvalue weighted by molar-refractivity contribution is 9.10. The van der Waals surface area contributed by atoms with E-state index in [0.29, 0.717) is 0 Å². The Kier molecular flexibility index (Phi) is 2.18. The van der Waals surface area contributed by atoms with E-state index in [1.807, 2.05) is 12.2 Å². The first-order valence-corrected chi connectivity index (χ1v) is 3.97. The van der Waals surface area contributed by atoms with Crippen LogP contribution in [0.3, 0.4) is 0 Å². The van der Waals surface area contributed by atoms with Gasteiger partial charge in [0.15, 0.2) is 0 Å². The van der Waals surface area contributed by atoms with Crippen molar-refractivity contribution in [2.24, 2.45) is 5.92 Å². The van der Waals surface area contributed by atoms with Crippen molar-refractivity contribution < 1.29 is 0 Å². The Hall–Kier alpha value is -0.260. The van der Waals surface area contributed by atoms with Crippen LogP contribution in [-0.2, 0) is 0 Å². The van der Waals surface area contributed by atoms with E-state index in [2.05, 4.69) is 22.0 Å². The molecule has 2 unspecified atom stereocenters. The van der Waals surface area contributed by atoms with Crippen molar-refractivity contribution in [3.05, 3.63) is 24.3 Å². The fraction of sp³-hybridized carbons (Fsp3) is 0.286. The second-order valence-electron chi connectivity index (χ2n) is 2.03. The zero-order valence-electron chi connectivity index (χ0n) is 5.09. The molecule has 0 saturated heterocycles.